The average Bonchev–Trinajstić information content (AvgIpc) is 2.28. The Hall–Kier alpha value is -1.83. The van der Waals surface area contributed by atoms with E-state index in [9.17, 15) is 0 Å². The summed E-state index contributed by atoms with van der Waals surface area (Å²) in [5, 5.41) is 6.39. The number of oxime groups is 1. The van der Waals surface area contributed by atoms with Crippen LogP contribution >= 0.6 is 0 Å². The van der Waals surface area contributed by atoms with Gasteiger partial charge in [0, 0.05) is 5.56 Å². The van der Waals surface area contributed by atoms with Crippen molar-refractivity contribution in [3.8, 4) is 0 Å². The number of fused-ring (bicyclic) bond motifs is 1. The Morgan fingerprint density at radius 1 is 1.07 bits per heavy atom. The van der Waals surface area contributed by atoms with Crippen LogP contribution in [0.3, 0.4) is 0 Å². The van der Waals surface area contributed by atoms with E-state index < -0.39 is 0 Å². The van der Waals surface area contributed by atoms with Crippen molar-refractivity contribution in [1.29, 1.82) is 0 Å². The molecule has 0 aliphatic carbocycles. The zero-order valence-electron chi connectivity index (χ0n) is 8.90. The second-order valence-electron chi connectivity index (χ2n) is 3.39. The van der Waals surface area contributed by atoms with Gasteiger partial charge in [0.2, 0.25) is 0 Å². The van der Waals surface area contributed by atoms with Crippen molar-refractivity contribution in [2.75, 3.05) is 7.11 Å². The summed E-state index contributed by atoms with van der Waals surface area (Å²) in [5.41, 5.74) is 2.02. The van der Waals surface area contributed by atoms with Crippen LogP contribution < -0.4 is 0 Å². The largest absolute Gasteiger partial charge is 0.399 e. The fraction of sp³-hybridized carbons (Fsp3) is 0.154. The molecule has 0 amide bonds. The van der Waals surface area contributed by atoms with Gasteiger partial charge in [-0.2, -0.15) is 0 Å². The molecule has 15 heavy (non-hydrogen) atoms. The Kier molecular flexibility index (Phi) is 2.68. The van der Waals surface area contributed by atoms with Gasteiger partial charge in [0.05, 0.1) is 5.71 Å². The number of hydrogen-bond acceptors (Lipinski definition) is 2. The van der Waals surface area contributed by atoms with Crippen LogP contribution in [0.2, 0.25) is 0 Å². The van der Waals surface area contributed by atoms with E-state index in [2.05, 4.69) is 29.4 Å². The van der Waals surface area contributed by atoms with E-state index in [1.165, 1.54) is 10.8 Å². The van der Waals surface area contributed by atoms with Crippen molar-refractivity contribution in [3.63, 3.8) is 0 Å². The number of benzene rings is 2. The number of nitrogens with zero attached hydrogens (tertiary/aromatic N) is 1. The maximum Gasteiger partial charge on any atom is 0.106 e. The van der Waals surface area contributed by atoms with Gasteiger partial charge in [0.1, 0.15) is 7.11 Å². The lowest BCUT2D eigenvalue weighted by Crippen LogP contribution is -1.96. The first kappa shape index (κ1) is 9.71. The Morgan fingerprint density at radius 3 is 2.60 bits per heavy atom. The normalized spacial score (nSPS) is 11.7. The lowest BCUT2D eigenvalue weighted by molar-refractivity contribution is 0.213. The van der Waals surface area contributed by atoms with Crippen LogP contribution in [0.1, 0.15) is 12.5 Å². The van der Waals surface area contributed by atoms with Gasteiger partial charge in [-0.15, -0.1) is 0 Å². The molecule has 0 aliphatic rings. The summed E-state index contributed by atoms with van der Waals surface area (Å²) in [6.07, 6.45) is 0. The van der Waals surface area contributed by atoms with Crippen LogP contribution in [0.5, 0.6) is 0 Å². The Morgan fingerprint density at radius 2 is 1.80 bits per heavy atom. The zero-order chi connectivity index (χ0) is 10.7. The van der Waals surface area contributed by atoms with Gasteiger partial charge in [-0.3, -0.25) is 0 Å². The van der Waals surface area contributed by atoms with E-state index in [0.29, 0.717) is 0 Å². The standard InChI is InChI=1S/C13H13NO/c1-10(14-15-2)12-9-5-7-11-6-3-4-8-13(11)12/h3-9H,1-2H3. The highest BCUT2D eigenvalue weighted by atomic mass is 16.6. The predicted octanol–water partition coefficient (Wildman–Crippen LogP) is 3.21. The van der Waals surface area contributed by atoms with Crippen LogP contribution in [0.15, 0.2) is 47.6 Å². The Balaban J connectivity index is 2.66. The third-order valence-electron chi connectivity index (χ3n) is 2.41. The fourth-order valence-corrected chi connectivity index (χ4v) is 1.73. The van der Waals surface area contributed by atoms with E-state index in [-0.39, 0.29) is 0 Å². The van der Waals surface area contributed by atoms with Crippen molar-refractivity contribution >= 4 is 16.5 Å². The summed E-state index contributed by atoms with van der Waals surface area (Å²) in [6, 6.07) is 14.4. The van der Waals surface area contributed by atoms with Crippen LogP contribution in [0.25, 0.3) is 10.8 Å². The molecule has 2 aromatic carbocycles. The second kappa shape index (κ2) is 4.13. The van der Waals surface area contributed by atoms with Gasteiger partial charge in [-0.05, 0) is 17.7 Å². The minimum Gasteiger partial charge on any atom is -0.399 e. The van der Waals surface area contributed by atoms with Crippen molar-refractivity contribution in [3.05, 3.63) is 48.0 Å². The number of hydrogen-bond donors (Lipinski definition) is 0. The molecule has 2 aromatic rings. The van der Waals surface area contributed by atoms with Crippen molar-refractivity contribution < 1.29 is 4.84 Å². The molecule has 0 radical (unpaired) electrons. The van der Waals surface area contributed by atoms with Crippen LogP contribution in [-0.2, 0) is 4.84 Å². The minimum atomic E-state index is 0.898. The summed E-state index contributed by atoms with van der Waals surface area (Å²) < 4.78 is 0. The topological polar surface area (TPSA) is 21.6 Å². The minimum absolute atomic E-state index is 0.898. The van der Waals surface area contributed by atoms with Crippen molar-refractivity contribution in [2.24, 2.45) is 5.16 Å². The molecular weight excluding hydrogens is 186 g/mol. The summed E-state index contributed by atoms with van der Waals surface area (Å²) in [5.74, 6) is 0. The van der Waals surface area contributed by atoms with E-state index in [4.69, 9.17) is 4.84 Å². The van der Waals surface area contributed by atoms with Crippen LogP contribution in [0.4, 0.5) is 0 Å². The van der Waals surface area contributed by atoms with Crippen molar-refractivity contribution in [1.82, 2.24) is 0 Å². The molecule has 0 saturated carbocycles. The molecule has 0 unspecified atom stereocenters. The first-order valence-corrected chi connectivity index (χ1v) is 4.89. The molecule has 0 aliphatic heterocycles. The molecule has 0 bridgehead atoms. The molecule has 0 spiro atoms. The highest BCUT2D eigenvalue weighted by molar-refractivity contribution is 6.09. The van der Waals surface area contributed by atoms with Crippen LogP contribution in [-0.4, -0.2) is 12.8 Å². The monoisotopic (exact) mass is 199 g/mol. The maximum absolute atomic E-state index is 4.79. The maximum atomic E-state index is 4.79. The molecule has 0 aromatic heterocycles. The van der Waals surface area contributed by atoms with Gasteiger partial charge in [0.15, 0.2) is 0 Å². The molecule has 76 valence electrons. The summed E-state index contributed by atoms with van der Waals surface area (Å²) in [4.78, 5) is 4.79. The Bertz CT molecular complexity index is 497. The summed E-state index contributed by atoms with van der Waals surface area (Å²) in [6.45, 7) is 1.95. The van der Waals surface area contributed by atoms with Gasteiger partial charge < -0.3 is 4.84 Å². The third-order valence-corrected chi connectivity index (χ3v) is 2.41. The van der Waals surface area contributed by atoms with Gasteiger partial charge >= 0.3 is 0 Å². The SMILES string of the molecule is CON=C(C)c1cccc2ccccc12. The molecule has 0 saturated heterocycles. The molecule has 0 atom stereocenters. The lowest BCUT2D eigenvalue weighted by atomic mass is 10.0. The first-order chi connectivity index (χ1) is 7.33. The van der Waals surface area contributed by atoms with E-state index in [1.807, 2.05) is 25.1 Å². The highest BCUT2D eigenvalue weighted by Crippen LogP contribution is 2.19. The third kappa shape index (κ3) is 1.84. The van der Waals surface area contributed by atoms with Crippen molar-refractivity contribution in [2.45, 2.75) is 6.92 Å². The second-order valence-corrected chi connectivity index (χ2v) is 3.39. The van der Waals surface area contributed by atoms with Gasteiger partial charge in [-0.25, -0.2) is 0 Å². The molecule has 0 N–H and O–H groups in total. The summed E-state index contributed by atoms with van der Waals surface area (Å²) in [7, 11) is 1.56. The Labute approximate surface area is 89.2 Å². The highest BCUT2D eigenvalue weighted by Gasteiger charge is 2.02. The zero-order valence-corrected chi connectivity index (χ0v) is 8.90. The lowest BCUT2D eigenvalue weighted by Gasteiger charge is -2.04. The van der Waals surface area contributed by atoms with Gasteiger partial charge in [0.25, 0.3) is 0 Å². The predicted molar refractivity (Wildman–Crippen MR) is 63.2 cm³/mol. The average molecular weight is 199 g/mol. The van der Waals surface area contributed by atoms with E-state index in [1.54, 1.807) is 7.11 Å². The van der Waals surface area contributed by atoms with E-state index in [0.717, 1.165) is 11.3 Å². The smallest absolute Gasteiger partial charge is 0.106 e. The number of rotatable bonds is 2. The molecule has 2 rings (SSSR count). The quantitative estimate of drug-likeness (QED) is 0.537. The molecule has 2 heteroatoms. The first-order valence-electron chi connectivity index (χ1n) is 4.89. The fourth-order valence-electron chi connectivity index (χ4n) is 1.73. The summed E-state index contributed by atoms with van der Waals surface area (Å²) >= 11 is 0. The molecular formula is C13H13NO. The van der Waals surface area contributed by atoms with E-state index >= 15 is 0 Å². The van der Waals surface area contributed by atoms with Crippen LogP contribution in [0, 0.1) is 0 Å². The molecule has 0 heterocycles. The molecule has 0 fully saturated rings. The van der Waals surface area contributed by atoms with Gasteiger partial charge in [-0.1, -0.05) is 47.6 Å². The molecule has 2 nitrogen and oxygen atoms in total.